The van der Waals surface area contributed by atoms with Gasteiger partial charge in [-0.25, -0.2) is 4.79 Å². The maximum Gasteiger partial charge on any atom is 0.332 e. The number of methoxy groups -OCH3 is 1. The fourth-order valence-corrected chi connectivity index (χ4v) is 4.34. The van der Waals surface area contributed by atoms with E-state index in [0.717, 1.165) is 4.90 Å². The third-order valence-corrected chi connectivity index (χ3v) is 6.09. The van der Waals surface area contributed by atoms with Crippen molar-refractivity contribution < 1.29 is 28.7 Å². The molecule has 0 radical (unpaired) electrons. The molecule has 2 aromatic rings. The van der Waals surface area contributed by atoms with Gasteiger partial charge in [-0.1, -0.05) is 24.3 Å². The summed E-state index contributed by atoms with van der Waals surface area (Å²) >= 11 is 0. The topological polar surface area (TPSA) is 101 Å². The van der Waals surface area contributed by atoms with Crippen LogP contribution in [0.1, 0.15) is 67.6 Å². The predicted molar refractivity (Wildman–Crippen MR) is 113 cm³/mol. The largest absolute Gasteiger partial charge is 0.467 e. The van der Waals surface area contributed by atoms with E-state index < -0.39 is 23.3 Å². The molecule has 0 aromatic heterocycles. The van der Waals surface area contributed by atoms with E-state index in [1.54, 1.807) is 48.5 Å². The van der Waals surface area contributed by atoms with Crippen molar-refractivity contribution in [1.29, 1.82) is 0 Å². The van der Waals surface area contributed by atoms with Crippen LogP contribution in [-0.2, 0) is 9.53 Å². The van der Waals surface area contributed by atoms with Gasteiger partial charge < -0.3 is 4.74 Å². The molecule has 0 bridgehead atoms. The molecular formula is C24H22N2O6. The van der Waals surface area contributed by atoms with Crippen LogP contribution in [0.15, 0.2) is 48.5 Å². The number of benzene rings is 2. The standard InChI is InChI=1S/C24H22N2O6/c1-24(23(31)32-2,26-21(29)17-11-5-6-12-18(17)22(26)30)13-7-8-14-25-19(27)15-9-3-4-10-16(15)20(25)28/h3-6,9-12H,7-8,13-14H2,1-2H3. The predicted octanol–water partition coefficient (Wildman–Crippen LogP) is 2.68. The Hall–Kier alpha value is -3.81. The summed E-state index contributed by atoms with van der Waals surface area (Å²) in [5.74, 6) is -2.48. The zero-order chi connectivity index (χ0) is 23.0. The Kier molecular flexibility index (Phi) is 5.38. The Labute approximate surface area is 184 Å². The van der Waals surface area contributed by atoms with Crippen molar-refractivity contribution in [3.05, 3.63) is 70.8 Å². The summed E-state index contributed by atoms with van der Waals surface area (Å²) < 4.78 is 4.93. The molecule has 8 nitrogen and oxygen atoms in total. The zero-order valence-corrected chi connectivity index (χ0v) is 17.8. The van der Waals surface area contributed by atoms with Crippen LogP contribution in [0.3, 0.4) is 0 Å². The van der Waals surface area contributed by atoms with Crippen molar-refractivity contribution >= 4 is 29.6 Å². The lowest BCUT2D eigenvalue weighted by molar-refractivity contribution is -0.151. The van der Waals surface area contributed by atoms with Crippen LogP contribution in [-0.4, -0.2) is 58.6 Å². The van der Waals surface area contributed by atoms with Crippen molar-refractivity contribution in [2.24, 2.45) is 0 Å². The van der Waals surface area contributed by atoms with Gasteiger partial charge in [-0.05, 0) is 50.5 Å². The smallest absolute Gasteiger partial charge is 0.332 e. The first-order valence-corrected chi connectivity index (χ1v) is 10.3. The lowest BCUT2D eigenvalue weighted by Gasteiger charge is -2.34. The highest BCUT2D eigenvalue weighted by Crippen LogP contribution is 2.33. The second-order valence-corrected chi connectivity index (χ2v) is 8.02. The summed E-state index contributed by atoms with van der Waals surface area (Å²) in [6, 6.07) is 13.1. The number of carbonyl (C=O) groups is 5. The summed E-state index contributed by atoms with van der Waals surface area (Å²) in [6.45, 7) is 1.67. The summed E-state index contributed by atoms with van der Waals surface area (Å²) in [7, 11) is 1.21. The van der Waals surface area contributed by atoms with E-state index in [1.165, 1.54) is 18.9 Å². The maximum absolute atomic E-state index is 12.9. The molecule has 4 rings (SSSR count). The highest BCUT2D eigenvalue weighted by atomic mass is 16.5. The molecule has 0 N–H and O–H groups in total. The van der Waals surface area contributed by atoms with E-state index in [9.17, 15) is 24.0 Å². The molecule has 0 aliphatic carbocycles. The molecule has 0 saturated carbocycles. The van der Waals surface area contributed by atoms with Gasteiger partial charge in [0, 0.05) is 6.54 Å². The van der Waals surface area contributed by atoms with Gasteiger partial charge in [0.2, 0.25) is 0 Å². The number of hydrogen-bond donors (Lipinski definition) is 0. The van der Waals surface area contributed by atoms with E-state index in [-0.39, 0.29) is 35.9 Å². The number of fused-ring (bicyclic) bond motifs is 2. The Morgan fingerprint density at radius 1 is 0.781 bits per heavy atom. The minimum atomic E-state index is -1.51. The Bertz CT molecular complexity index is 1090. The molecule has 4 amide bonds. The first kappa shape index (κ1) is 21.4. The second-order valence-electron chi connectivity index (χ2n) is 8.02. The number of unbranched alkanes of at least 4 members (excludes halogenated alkanes) is 1. The van der Waals surface area contributed by atoms with Crippen molar-refractivity contribution in [3.63, 3.8) is 0 Å². The number of nitrogens with zero attached hydrogens (tertiary/aromatic N) is 2. The molecule has 2 heterocycles. The SMILES string of the molecule is COC(=O)C(C)(CCCCN1C(=O)c2ccccc2C1=O)N1C(=O)c2ccccc2C1=O. The number of imide groups is 2. The van der Waals surface area contributed by atoms with Crippen LogP contribution in [0, 0.1) is 0 Å². The lowest BCUT2D eigenvalue weighted by atomic mass is 9.92. The van der Waals surface area contributed by atoms with Gasteiger partial charge >= 0.3 is 5.97 Å². The zero-order valence-electron chi connectivity index (χ0n) is 17.8. The minimum absolute atomic E-state index is 0.133. The highest BCUT2D eigenvalue weighted by Gasteiger charge is 2.51. The summed E-state index contributed by atoms with van der Waals surface area (Å²) in [5, 5.41) is 0. The summed E-state index contributed by atoms with van der Waals surface area (Å²) in [6.07, 6.45) is 0.919. The van der Waals surface area contributed by atoms with Gasteiger partial charge in [0.25, 0.3) is 23.6 Å². The normalized spacial score (nSPS) is 16.8. The Morgan fingerprint density at radius 3 is 1.66 bits per heavy atom. The van der Waals surface area contributed by atoms with Crippen LogP contribution >= 0.6 is 0 Å². The molecule has 2 aliphatic rings. The molecule has 164 valence electrons. The monoisotopic (exact) mass is 434 g/mol. The highest BCUT2D eigenvalue weighted by molar-refractivity contribution is 6.23. The average Bonchev–Trinajstić information content (AvgIpc) is 3.21. The molecular weight excluding hydrogens is 412 g/mol. The molecule has 32 heavy (non-hydrogen) atoms. The first-order chi connectivity index (χ1) is 15.3. The molecule has 8 heteroatoms. The van der Waals surface area contributed by atoms with Gasteiger partial charge in [0.05, 0.1) is 29.4 Å². The van der Waals surface area contributed by atoms with Gasteiger partial charge in [-0.3, -0.25) is 29.0 Å². The van der Waals surface area contributed by atoms with Crippen LogP contribution in [0.2, 0.25) is 0 Å². The quantitative estimate of drug-likeness (QED) is 0.377. The number of amides is 4. The van der Waals surface area contributed by atoms with E-state index in [2.05, 4.69) is 0 Å². The number of hydrogen-bond acceptors (Lipinski definition) is 6. The van der Waals surface area contributed by atoms with E-state index in [0.29, 0.717) is 24.0 Å². The summed E-state index contributed by atoms with van der Waals surface area (Å²) in [4.78, 5) is 65.7. The maximum atomic E-state index is 12.9. The second kappa shape index (κ2) is 8.03. The average molecular weight is 434 g/mol. The van der Waals surface area contributed by atoms with Crippen molar-refractivity contribution in [1.82, 2.24) is 9.80 Å². The number of carbonyl (C=O) groups excluding carboxylic acids is 5. The number of esters is 1. The molecule has 2 aromatic carbocycles. The van der Waals surface area contributed by atoms with E-state index >= 15 is 0 Å². The van der Waals surface area contributed by atoms with Crippen LogP contribution in [0.25, 0.3) is 0 Å². The molecule has 1 unspecified atom stereocenters. The third kappa shape index (κ3) is 3.19. The van der Waals surface area contributed by atoms with Gasteiger partial charge in [-0.15, -0.1) is 0 Å². The van der Waals surface area contributed by atoms with E-state index in [4.69, 9.17) is 4.74 Å². The molecule has 2 aliphatic heterocycles. The Morgan fingerprint density at radius 2 is 1.22 bits per heavy atom. The Balaban J connectivity index is 1.46. The number of rotatable bonds is 7. The van der Waals surface area contributed by atoms with E-state index in [1.807, 2.05) is 0 Å². The van der Waals surface area contributed by atoms with Crippen molar-refractivity contribution in [3.8, 4) is 0 Å². The lowest BCUT2D eigenvalue weighted by Crippen LogP contribution is -2.55. The fourth-order valence-electron chi connectivity index (χ4n) is 4.34. The van der Waals surface area contributed by atoms with Crippen LogP contribution in [0.4, 0.5) is 0 Å². The molecule has 0 spiro atoms. The van der Waals surface area contributed by atoms with Crippen LogP contribution in [0.5, 0.6) is 0 Å². The number of ether oxygens (including phenoxy) is 1. The van der Waals surface area contributed by atoms with Gasteiger partial charge in [-0.2, -0.15) is 0 Å². The summed E-state index contributed by atoms with van der Waals surface area (Å²) in [5.41, 5.74) is -0.257. The first-order valence-electron chi connectivity index (χ1n) is 10.3. The van der Waals surface area contributed by atoms with Gasteiger partial charge in [0.15, 0.2) is 0 Å². The van der Waals surface area contributed by atoms with Gasteiger partial charge in [0.1, 0.15) is 5.54 Å². The molecule has 0 fully saturated rings. The molecule has 1 atom stereocenters. The minimum Gasteiger partial charge on any atom is -0.467 e. The third-order valence-electron chi connectivity index (χ3n) is 6.09. The van der Waals surface area contributed by atoms with Crippen LogP contribution < -0.4 is 0 Å². The fraction of sp³-hybridized carbons (Fsp3) is 0.292. The van der Waals surface area contributed by atoms with Crippen molar-refractivity contribution in [2.75, 3.05) is 13.7 Å². The van der Waals surface area contributed by atoms with Crippen molar-refractivity contribution in [2.45, 2.75) is 31.7 Å². The molecule has 0 saturated heterocycles.